The second kappa shape index (κ2) is 3.77. The smallest absolute Gasteiger partial charge is 0.251 e. The number of nitrogens with zero attached hydrogens (tertiary/aromatic N) is 1. The lowest BCUT2D eigenvalue weighted by molar-refractivity contribution is 0.793. The van der Waals surface area contributed by atoms with Gasteiger partial charge < -0.3 is 4.57 Å². The van der Waals surface area contributed by atoms with Crippen molar-refractivity contribution in [3.8, 4) is 11.8 Å². The van der Waals surface area contributed by atoms with Gasteiger partial charge in [-0.2, -0.15) is 0 Å². The second-order valence-corrected chi connectivity index (χ2v) is 2.60. The van der Waals surface area contributed by atoms with Crippen LogP contribution in [0.25, 0.3) is 0 Å². The Balaban J connectivity index is 2.99. The van der Waals surface area contributed by atoms with Gasteiger partial charge in [-0.1, -0.05) is 5.92 Å². The SMILES string of the molecule is CC#CCn1ccc(C)cc1=O. The summed E-state index contributed by atoms with van der Waals surface area (Å²) in [5.41, 5.74) is 0.999. The molecule has 12 heavy (non-hydrogen) atoms. The Morgan fingerprint density at radius 1 is 1.58 bits per heavy atom. The fourth-order valence-corrected chi connectivity index (χ4v) is 0.902. The van der Waals surface area contributed by atoms with E-state index in [-0.39, 0.29) is 5.56 Å². The third kappa shape index (κ3) is 2.00. The third-order valence-electron chi connectivity index (χ3n) is 1.58. The van der Waals surface area contributed by atoms with E-state index in [1.165, 1.54) is 0 Å². The molecule has 1 aromatic heterocycles. The van der Waals surface area contributed by atoms with Gasteiger partial charge in [0.2, 0.25) is 0 Å². The standard InChI is InChI=1S/C10H11NO/c1-3-4-6-11-7-5-9(2)8-10(11)12/h5,7-8H,6H2,1-2H3. The second-order valence-electron chi connectivity index (χ2n) is 2.60. The summed E-state index contributed by atoms with van der Waals surface area (Å²) >= 11 is 0. The maximum Gasteiger partial charge on any atom is 0.251 e. The van der Waals surface area contributed by atoms with Crippen molar-refractivity contribution in [2.75, 3.05) is 0 Å². The lowest BCUT2D eigenvalue weighted by atomic mass is 10.3. The van der Waals surface area contributed by atoms with Crippen molar-refractivity contribution in [3.63, 3.8) is 0 Å². The van der Waals surface area contributed by atoms with Crippen LogP contribution < -0.4 is 5.56 Å². The fraction of sp³-hybridized carbons (Fsp3) is 0.300. The molecule has 1 rings (SSSR count). The molecule has 0 spiro atoms. The van der Waals surface area contributed by atoms with Crippen LogP contribution in [0.5, 0.6) is 0 Å². The Labute approximate surface area is 71.8 Å². The van der Waals surface area contributed by atoms with E-state index in [9.17, 15) is 4.79 Å². The highest BCUT2D eigenvalue weighted by molar-refractivity contribution is 5.09. The first kappa shape index (κ1) is 8.61. The summed E-state index contributed by atoms with van der Waals surface area (Å²) in [5, 5.41) is 0. The molecule has 2 nitrogen and oxygen atoms in total. The van der Waals surface area contributed by atoms with Crippen molar-refractivity contribution in [2.24, 2.45) is 0 Å². The lowest BCUT2D eigenvalue weighted by Gasteiger charge is -1.99. The van der Waals surface area contributed by atoms with Crippen LogP contribution in [-0.4, -0.2) is 4.57 Å². The normalized spacial score (nSPS) is 8.83. The molecule has 0 N–H and O–H groups in total. The van der Waals surface area contributed by atoms with Gasteiger partial charge in [-0.25, -0.2) is 0 Å². The van der Waals surface area contributed by atoms with E-state index in [1.54, 1.807) is 23.8 Å². The van der Waals surface area contributed by atoms with E-state index in [0.717, 1.165) is 5.56 Å². The molecule has 0 aliphatic rings. The molecule has 0 aliphatic heterocycles. The van der Waals surface area contributed by atoms with Crippen molar-refractivity contribution >= 4 is 0 Å². The summed E-state index contributed by atoms with van der Waals surface area (Å²) in [7, 11) is 0. The Morgan fingerprint density at radius 3 is 2.92 bits per heavy atom. The topological polar surface area (TPSA) is 22.0 Å². The molecule has 1 heterocycles. The van der Waals surface area contributed by atoms with Gasteiger partial charge in [-0.05, 0) is 25.5 Å². The molecule has 0 amide bonds. The maximum atomic E-state index is 11.2. The van der Waals surface area contributed by atoms with Gasteiger partial charge in [0.1, 0.15) is 0 Å². The van der Waals surface area contributed by atoms with E-state index in [2.05, 4.69) is 11.8 Å². The molecule has 2 heteroatoms. The number of aromatic nitrogens is 1. The van der Waals surface area contributed by atoms with Gasteiger partial charge in [-0.3, -0.25) is 4.79 Å². The Bertz CT molecular complexity index is 379. The van der Waals surface area contributed by atoms with Crippen molar-refractivity contribution in [1.29, 1.82) is 0 Å². The molecule has 0 saturated heterocycles. The molecule has 0 atom stereocenters. The Hall–Kier alpha value is -1.49. The first-order valence-electron chi connectivity index (χ1n) is 3.81. The molecule has 1 aromatic rings. The third-order valence-corrected chi connectivity index (χ3v) is 1.58. The van der Waals surface area contributed by atoms with Crippen LogP contribution in [-0.2, 0) is 6.54 Å². The first-order chi connectivity index (χ1) is 5.74. The summed E-state index contributed by atoms with van der Waals surface area (Å²) in [5.74, 6) is 5.59. The minimum absolute atomic E-state index is 0.0118. The highest BCUT2D eigenvalue weighted by Gasteiger charge is 1.91. The van der Waals surface area contributed by atoms with Crippen LogP contribution >= 0.6 is 0 Å². The van der Waals surface area contributed by atoms with Crippen LogP contribution in [0.1, 0.15) is 12.5 Å². The number of hydrogen-bond donors (Lipinski definition) is 0. The monoisotopic (exact) mass is 161 g/mol. The number of aryl methyl sites for hydroxylation is 1. The average molecular weight is 161 g/mol. The van der Waals surface area contributed by atoms with Gasteiger partial charge in [0.05, 0.1) is 6.54 Å². The summed E-state index contributed by atoms with van der Waals surface area (Å²) < 4.78 is 1.59. The summed E-state index contributed by atoms with van der Waals surface area (Å²) in [6.45, 7) is 4.14. The molecule has 0 fully saturated rings. The first-order valence-corrected chi connectivity index (χ1v) is 3.81. The predicted molar refractivity (Wildman–Crippen MR) is 48.9 cm³/mol. The van der Waals surface area contributed by atoms with Gasteiger partial charge in [0.15, 0.2) is 0 Å². The molecule has 0 aromatic carbocycles. The van der Waals surface area contributed by atoms with Crippen molar-refractivity contribution < 1.29 is 0 Å². The molecule has 0 aliphatic carbocycles. The van der Waals surface area contributed by atoms with Crippen LogP contribution in [0, 0.1) is 18.8 Å². The van der Waals surface area contributed by atoms with Gasteiger partial charge in [-0.15, -0.1) is 5.92 Å². The van der Waals surface area contributed by atoms with Crippen LogP contribution in [0.4, 0.5) is 0 Å². The van der Waals surface area contributed by atoms with Crippen LogP contribution in [0.2, 0.25) is 0 Å². The molecular formula is C10H11NO. The molecule has 0 radical (unpaired) electrons. The molecule has 62 valence electrons. The van der Waals surface area contributed by atoms with Gasteiger partial charge in [0.25, 0.3) is 5.56 Å². The van der Waals surface area contributed by atoms with Crippen LogP contribution in [0.15, 0.2) is 23.1 Å². The molecule has 0 bridgehead atoms. The highest BCUT2D eigenvalue weighted by atomic mass is 16.1. The largest absolute Gasteiger partial charge is 0.304 e. The zero-order valence-electron chi connectivity index (χ0n) is 7.29. The molecule has 0 saturated carbocycles. The molecular weight excluding hydrogens is 150 g/mol. The summed E-state index contributed by atoms with van der Waals surface area (Å²) in [4.78, 5) is 11.2. The van der Waals surface area contributed by atoms with E-state index in [0.29, 0.717) is 6.54 Å². The zero-order chi connectivity index (χ0) is 8.97. The van der Waals surface area contributed by atoms with E-state index >= 15 is 0 Å². The number of hydrogen-bond acceptors (Lipinski definition) is 1. The quantitative estimate of drug-likeness (QED) is 0.567. The van der Waals surface area contributed by atoms with Crippen molar-refractivity contribution in [2.45, 2.75) is 20.4 Å². The molecule has 0 unspecified atom stereocenters. The Morgan fingerprint density at radius 2 is 2.33 bits per heavy atom. The Kier molecular flexibility index (Phi) is 2.71. The van der Waals surface area contributed by atoms with E-state index in [1.807, 2.05) is 13.0 Å². The maximum absolute atomic E-state index is 11.2. The minimum atomic E-state index is 0.0118. The highest BCUT2D eigenvalue weighted by Crippen LogP contribution is 1.89. The minimum Gasteiger partial charge on any atom is -0.304 e. The summed E-state index contributed by atoms with van der Waals surface area (Å²) in [6.07, 6.45) is 1.77. The van der Waals surface area contributed by atoms with E-state index < -0.39 is 0 Å². The van der Waals surface area contributed by atoms with Gasteiger partial charge >= 0.3 is 0 Å². The number of pyridine rings is 1. The van der Waals surface area contributed by atoms with E-state index in [4.69, 9.17) is 0 Å². The zero-order valence-corrected chi connectivity index (χ0v) is 7.29. The lowest BCUT2D eigenvalue weighted by Crippen LogP contribution is -2.17. The summed E-state index contributed by atoms with van der Waals surface area (Å²) in [6, 6.07) is 3.51. The average Bonchev–Trinajstić information content (AvgIpc) is 2.03. The van der Waals surface area contributed by atoms with Crippen molar-refractivity contribution in [1.82, 2.24) is 4.57 Å². The predicted octanol–water partition coefficient (Wildman–Crippen LogP) is 1.18. The van der Waals surface area contributed by atoms with Crippen molar-refractivity contribution in [3.05, 3.63) is 34.2 Å². The number of rotatable bonds is 1. The van der Waals surface area contributed by atoms with Crippen LogP contribution in [0.3, 0.4) is 0 Å². The van der Waals surface area contributed by atoms with Gasteiger partial charge in [0, 0.05) is 12.3 Å². The fourth-order valence-electron chi connectivity index (χ4n) is 0.902.